The van der Waals surface area contributed by atoms with Crippen LogP contribution in [0, 0.1) is 0 Å². The zero-order chi connectivity index (χ0) is 20.3. The molecule has 4 nitrogen and oxygen atoms in total. The third-order valence-electron chi connectivity index (χ3n) is 4.45. The van der Waals surface area contributed by atoms with Crippen LogP contribution in [0.15, 0.2) is 23.1 Å². The van der Waals surface area contributed by atoms with Crippen LogP contribution in [0.3, 0.4) is 0 Å². The van der Waals surface area contributed by atoms with Crippen LogP contribution in [-0.2, 0) is 22.4 Å². The van der Waals surface area contributed by atoms with E-state index in [-0.39, 0.29) is 11.9 Å². The number of benzene rings is 1. The quantitative estimate of drug-likeness (QED) is 0.412. The fourth-order valence-electron chi connectivity index (χ4n) is 3.10. The maximum atomic E-state index is 12.8. The molecule has 0 saturated carbocycles. The zero-order valence-corrected chi connectivity index (χ0v) is 18.8. The third-order valence-corrected chi connectivity index (χ3v) is 7.50. The number of hydrogen-bond acceptors (Lipinski definition) is 5. The van der Waals surface area contributed by atoms with Crippen LogP contribution >= 0.6 is 46.3 Å². The molecule has 28 heavy (non-hydrogen) atoms. The molecule has 2 aromatic rings. The first-order chi connectivity index (χ1) is 13.4. The number of nitrogens with one attached hydrogen (secondary N) is 1. The minimum atomic E-state index is -0.412. The van der Waals surface area contributed by atoms with Gasteiger partial charge in [-0.25, -0.2) is 4.79 Å². The lowest BCUT2D eigenvalue weighted by Gasteiger charge is -2.14. The Morgan fingerprint density at radius 3 is 2.79 bits per heavy atom. The van der Waals surface area contributed by atoms with Crippen LogP contribution in [0.25, 0.3) is 0 Å². The van der Waals surface area contributed by atoms with Crippen molar-refractivity contribution in [1.29, 1.82) is 0 Å². The van der Waals surface area contributed by atoms with Crippen molar-refractivity contribution in [3.05, 3.63) is 44.2 Å². The maximum Gasteiger partial charge on any atom is 0.341 e. The number of anilines is 1. The van der Waals surface area contributed by atoms with Crippen LogP contribution in [0.2, 0.25) is 10.0 Å². The molecule has 8 heteroatoms. The van der Waals surface area contributed by atoms with E-state index in [0.29, 0.717) is 27.2 Å². The monoisotopic (exact) mass is 457 g/mol. The van der Waals surface area contributed by atoms with E-state index < -0.39 is 5.25 Å². The van der Waals surface area contributed by atoms with E-state index in [0.717, 1.165) is 36.1 Å². The number of ether oxygens (including phenoxy) is 1. The topological polar surface area (TPSA) is 55.4 Å². The highest BCUT2D eigenvalue weighted by molar-refractivity contribution is 8.00. The summed E-state index contributed by atoms with van der Waals surface area (Å²) in [4.78, 5) is 27.2. The van der Waals surface area contributed by atoms with E-state index in [9.17, 15) is 9.59 Å². The van der Waals surface area contributed by atoms with Crippen molar-refractivity contribution in [2.75, 3.05) is 11.9 Å². The largest absolute Gasteiger partial charge is 0.462 e. The van der Waals surface area contributed by atoms with E-state index in [1.165, 1.54) is 28.0 Å². The highest BCUT2D eigenvalue weighted by atomic mass is 35.5. The number of amides is 1. The van der Waals surface area contributed by atoms with Gasteiger partial charge in [-0.05, 0) is 63.3 Å². The van der Waals surface area contributed by atoms with Crippen LogP contribution in [-0.4, -0.2) is 23.7 Å². The first-order valence-electron chi connectivity index (χ1n) is 9.15. The Morgan fingerprint density at radius 1 is 1.29 bits per heavy atom. The second kappa shape index (κ2) is 9.53. The van der Waals surface area contributed by atoms with E-state index >= 15 is 0 Å². The van der Waals surface area contributed by atoms with Gasteiger partial charge in [0.05, 0.1) is 22.4 Å². The summed E-state index contributed by atoms with van der Waals surface area (Å²) in [5.41, 5.74) is 1.55. The summed E-state index contributed by atoms with van der Waals surface area (Å²) < 4.78 is 5.24. The molecular weight excluding hydrogens is 437 g/mol. The molecule has 1 N–H and O–H groups in total. The van der Waals surface area contributed by atoms with Gasteiger partial charge in [0.2, 0.25) is 5.91 Å². The van der Waals surface area contributed by atoms with Gasteiger partial charge < -0.3 is 10.1 Å². The highest BCUT2D eigenvalue weighted by Gasteiger charge is 2.28. The van der Waals surface area contributed by atoms with Crippen molar-refractivity contribution in [3.8, 4) is 0 Å². The van der Waals surface area contributed by atoms with Gasteiger partial charge in [-0.15, -0.1) is 23.1 Å². The van der Waals surface area contributed by atoms with Crippen LogP contribution < -0.4 is 5.32 Å². The summed E-state index contributed by atoms with van der Waals surface area (Å²) in [6.45, 7) is 3.88. The van der Waals surface area contributed by atoms with Gasteiger partial charge in [-0.1, -0.05) is 23.2 Å². The van der Waals surface area contributed by atoms with E-state index in [4.69, 9.17) is 27.9 Å². The third kappa shape index (κ3) is 4.85. The molecule has 1 amide bonds. The van der Waals surface area contributed by atoms with Gasteiger partial charge >= 0.3 is 5.97 Å². The Hall–Kier alpha value is -1.21. The van der Waals surface area contributed by atoms with Gasteiger partial charge in [0.25, 0.3) is 0 Å². The van der Waals surface area contributed by atoms with Crippen LogP contribution in [0.5, 0.6) is 0 Å². The van der Waals surface area contributed by atoms with Crippen molar-refractivity contribution in [2.45, 2.75) is 49.7 Å². The molecule has 150 valence electrons. The summed E-state index contributed by atoms with van der Waals surface area (Å²) in [6, 6.07) is 5.16. The molecule has 1 aromatic heterocycles. The van der Waals surface area contributed by atoms with Crippen molar-refractivity contribution in [2.24, 2.45) is 0 Å². The molecule has 0 radical (unpaired) electrons. The van der Waals surface area contributed by atoms with Crippen molar-refractivity contribution in [3.63, 3.8) is 0 Å². The molecule has 1 aliphatic rings. The lowest BCUT2D eigenvalue weighted by Crippen LogP contribution is -2.23. The predicted molar refractivity (Wildman–Crippen MR) is 117 cm³/mol. The Balaban J connectivity index is 1.80. The smallest absolute Gasteiger partial charge is 0.341 e. The van der Waals surface area contributed by atoms with E-state index in [1.807, 2.05) is 0 Å². The molecule has 3 rings (SSSR count). The Labute approximate surface area is 182 Å². The average molecular weight is 458 g/mol. The first kappa shape index (κ1) is 21.5. The molecule has 1 aromatic carbocycles. The number of carbonyl (C=O) groups excluding carboxylic acids is 2. The van der Waals surface area contributed by atoms with Gasteiger partial charge in [-0.3, -0.25) is 4.79 Å². The average Bonchev–Trinajstić information content (AvgIpc) is 3.02. The second-order valence-electron chi connectivity index (χ2n) is 6.46. The fraction of sp³-hybridized carbons (Fsp3) is 0.400. The highest BCUT2D eigenvalue weighted by Crippen LogP contribution is 2.39. The van der Waals surface area contributed by atoms with E-state index in [2.05, 4.69) is 5.32 Å². The molecule has 1 aliphatic carbocycles. The molecule has 1 atom stereocenters. The lowest BCUT2D eigenvalue weighted by molar-refractivity contribution is -0.115. The number of halogens is 2. The second-order valence-corrected chi connectivity index (χ2v) is 9.79. The maximum absolute atomic E-state index is 12.8. The summed E-state index contributed by atoms with van der Waals surface area (Å²) in [5, 5.41) is 4.23. The Morgan fingerprint density at radius 2 is 2.04 bits per heavy atom. The summed E-state index contributed by atoms with van der Waals surface area (Å²) in [7, 11) is 0. The number of esters is 1. The number of fused-ring (bicyclic) bond motifs is 1. The van der Waals surface area contributed by atoms with Crippen LogP contribution in [0.4, 0.5) is 5.00 Å². The number of rotatable bonds is 6. The molecule has 0 aliphatic heterocycles. The number of aryl methyl sites for hydroxylation is 1. The molecular formula is C20H21Cl2NO3S2. The predicted octanol–water partition coefficient (Wildman–Crippen LogP) is 6.23. The number of hydrogen-bond donors (Lipinski definition) is 1. The summed E-state index contributed by atoms with van der Waals surface area (Å²) in [6.07, 6.45) is 3.93. The van der Waals surface area contributed by atoms with Gasteiger partial charge in [0.1, 0.15) is 5.00 Å². The number of thioether (sulfide) groups is 1. The van der Waals surface area contributed by atoms with E-state index in [1.54, 1.807) is 32.0 Å². The molecule has 0 spiro atoms. The molecule has 1 heterocycles. The van der Waals surface area contributed by atoms with Crippen molar-refractivity contribution < 1.29 is 14.3 Å². The summed E-state index contributed by atoms with van der Waals surface area (Å²) >= 11 is 15.1. The zero-order valence-electron chi connectivity index (χ0n) is 15.6. The molecule has 1 unspecified atom stereocenters. The van der Waals surface area contributed by atoms with Crippen molar-refractivity contribution in [1.82, 2.24) is 0 Å². The van der Waals surface area contributed by atoms with Crippen LogP contribution in [0.1, 0.15) is 47.5 Å². The lowest BCUT2D eigenvalue weighted by atomic mass is 9.95. The first-order valence-corrected chi connectivity index (χ1v) is 11.6. The van der Waals surface area contributed by atoms with Crippen molar-refractivity contribution >= 4 is 63.2 Å². The molecule has 0 fully saturated rings. The van der Waals surface area contributed by atoms with Gasteiger partial charge in [0, 0.05) is 14.8 Å². The van der Waals surface area contributed by atoms with Gasteiger partial charge in [0.15, 0.2) is 0 Å². The SMILES string of the molecule is CCOC(=O)c1c(NC(=O)C(C)Sc2cc(Cl)ccc2Cl)sc2c1CCCC2. The number of thiophene rings is 1. The fourth-order valence-corrected chi connectivity index (χ4v) is 5.79. The normalized spacial score (nSPS) is 14.3. The van der Waals surface area contributed by atoms with Gasteiger partial charge in [-0.2, -0.15) is 0 Å². The Kier molecular flexibility index (Phi) is 7.31. The number of carbonyl (C=O) groups is 2. The minimum Gasteiger partial charge on any atom is -0.462 e. The summed E-state index contributed by atoms with van der Waals surface area (Å²) in [5.74, 6) is -0.555. The molecule has 0 bridgehead atoms. The minimum absolute atomic E-state index is 0.190. The standard InChI is InChI=1S/C20H21Cl2NO3S2/c1-3-26-20(25)17-13-6-4-5-7-15(13)28-19(17)23-18(24)11(2)27-16-10-12(21)8-9-14(16)22/h8-11H,3-7H2,1-2H3,(H,23,24). The molecule has 0 saturated heterocycles. The Bertz CT molecular complexity index is 898.